The molecule has 0 unspecified atom stereocenters. The highest BCUT2D eigenvalue weighted by molar-refractivity contribution is 6.05. The number of fused-ring (bicyclic) bond motifs is 3. The lowest BCUT2D eigenvalue weighted by Gasteiger charge is -2.56. The second kappa shape index (κ2) is 8.75. The molecule has 0 radical (unpaired) electrons. The maximum atomic E-state index is 14.0. The van der Waals surface area contributed by atoms with Crippen molar-refractivity contribution in [3.05, 3.63) is 34.7 Å². The number of unbranched alkanes of at least 4 members (excludes halogenated alkanes) is 1. The number of nitrogens with one attached hydrogen (secondary N) is 1. The van der Waals surface area contributed by atoms with E-state index in [9.17, 15) is 9.90 Å². The van der Waals surface area contributed by atoms with Crippen LogP contribution < -0.4 is 15.8 Å². The first kappa shape index (κ1) is 22.7. The van der Waals surface area contributed by atoms with E-state index in [1.165, 1.54) is 0 Å². The van der Waals surface area contributed by atoms with Crippen molar-refractivity contribution in [1.82, 2.24) is 19.4 Å². The molecule has 6 rings (SSSR count). The van der Waals surface area contributed by atoms with Gasteiger partial charge in [-0.1, -0.05) is 19.4 Å². The van der Waals surface area contributed by atoms with Crippen LogP contribution in [-0.2, 0) is 0 Å². The molecule has 1 saturated heterocycles. The van der Waals surface area contributed by atoms with Gasteiger partial charge in [0.15, 0.2) is 0 Å². The Morgan fingerprint density at radius 2 is 1.86 bits per heavy atom. The molecule has 35 heavy (non-hydrogen) atoms. The molecule has 3 fully saturated rings. The Balaban J connectivity index is 1.44. The fourth-order valence-corrected chi connectivity index (χ4v) is 6.37. The van der Waals surface area contributed by atoms with Gasteiger partial charge in [-0.25, -0.2) is 4.98 Å². The van der Waals surface area contributed by atoms with E-state index in [4.69, 9.17) is 4.98 Å². The largest absolute Gasteiger partial charge is 0.393 e. The van der Waals surface area contributed by atoms with Gasteiger partial charge in [-0.2, -0.15) is 4.98 Å². The molecule has 3 heterocycles. The molecule has 2 N–H and O–H groups in total. The molecule has 0 bridgehead atoms. The van der Waals surface area contributed by atoms with Crippen LogP contribution in [0.3, 0.4) is 0 Å². The number of aliphatic hydroxyl groups is 1. The van der Waals surface area contributed by atoms with E-state index in [0.717, 1.165) is 98.7 Å². The van der Waals surface area contributed by atoms with E-state index in [-0.39, 0.29) is 23.1 Å². The smallest absolute Gasteiger partial charge is 0.260 e. The van der Waals surface area contributed by atoms with Crippen LogP contribution in [0.25, 0.3) is 21.8 Å². The Labute approximate surface area is 206 Å². The zero-order valence-corrected chi connectivity index (χ0v) is 20.8. The first-order valence-corrected chi connectivity index (χ1v) is 13.2. The summed E-state index contributed by atoms with van der Waals surface area (Å²) in [6, 6.07) is 6.41. The van der Waals surface area contributed by atoms with Gasteiger partial charge in [-0.3, -0.25) is 9.36 Å². The van der Waals surface area contributed by atoms with E-state index in [0.29, 0.717) is 5.95 Å². The van der Waals surface area contributed by atoms with Gasteiger partial charge in [-0.15, -0.1) is 0 Å². The molecule has 0 amide bonds. The second-order valence-corrected chi connectivity index (χ2v) is 11.0. The molecular formula is C27H36N6O2. The van der Waals surface area contributed by atoms with Crippen LogP contribution in [-0.4, -0.2) is 70.4 Å². The lowest BCUT2D eigenvalue weighted by atomic mass is 9.53. The number of nitrogens with zero attached hydrogens (tertiary/aromatic N) is 5. The average Bonchev–Trinajstić information content (AvgIpc) is 2.82. The molecule has 1 aromatic carbocycles. The summed E-state index contributed by atoms with van der Waals surface area (Å²) < 4.78 is 1.94. The number of likely N-dealkylation sites (N-methyl/N-ethyl adjacent to an activating group) is 1. The van der Waals surface area contributed by atoms with Gasteiger partial charge in [0.25, 0.3) is 5.56 Å². The first-order chi connectivity index (χ1) is 17.0. The molecule has 8 nitrogen and oxygen atoms in total. The van der Waals surface area contributed by atoms with Gasteiger partial charge in [-0.05, 0) is 62.1 Å². The summed E-state index contributed by atoms with van der Waals surface area (Å²) >= 11 is 0. The minimum atomic E-state index is -0.177. The van der Waals surface area contributed by atoms with Crippen molar-refractivity contribution < 1.29 is 5.11 Å². The van der Waals surface area contributed by atoms with Gasteiger partial charge in [0, 0.05) is 56.0 Å². The van der Waals surface area contributed by atoms with Crippen molar-refractivity contribution in [2.24, 2.45) is 5.41 Å². The zero-order chi connectivity index (χ0) is 24.2. The van der Waals surface area contributed by atoms with E-state index in [1.54, 1.807) is 0 Å². The molecule has 1 aliphatic heterocycles. The van der Waals surface area contributed by atoms with Crippen molar-refractivity contribution in [1.29, 1.82) is 0 Å². The van der Waals surface area contributed by atoms with Crippen LogP contribution in [0.2, 0.25) is 0 Å². The second-order valence-electron chi connectivity index (χ2n) is 11.0. The lowest BCUT2D eigenvalue weighted by Crippen LogP contribution is -2.51. The highest BCUT2D eigenvalue weighted by atomic mass is 16.3. The predicted molar refractivity (Wildman–Crippen MR) is 140 cm³/mol. The van der Waals surface area contributed by atoms with Crippen LogP contribution >= 0.6 is 0 Å². The third kappa shape index (κ3) is 3.96. The monoisotopic (exact) mass is 476 g/mol. The standard InChI is InChI=1S/C27H36N6O2/c1-3-4-7-28-26-29-17-23-21-6-5-18(32-10-8-31(2)9-11-32)12-22(21)25(35)33(24(23)30-26)19-13-27(14-19)15-20(34)16-27/h5-6,12,17,19-20,34H,3-4,7-11,13-16H2,1-2H3,(H,28,29,30). The molecule has 3 aromatic rings. The van der Waals surface area contributed by atoms with Crippen molar-refractivity contribution in [2.45, 2.75) is 57.6 Å². The number of aromatic nitrogens is 3. The van der Waals surface area contributed by atoms with Gasteiger partial charge in [0.2, 0.25) is 5.95 Å². The van der Waals surface area contributed by atoms with Crippen LogP contribution in [0.1, 0.15) is 51.5 Å². The highest BCUT2D eigenvalue weighted by Crippen LogP contribution is 2.60. The van der Waals surface area contributed by atoms with Crippen molar-refractivity contribution in [2.75, 3.05) is 50.0 Å². The summed E-state index contributed by atoms with van der Waals surface area (Å²) in [6.45, 7) is 6.96. The average molecular weight is 477 g/mol. The van der Waals surface area contributed by atoms with Gasteiger partial charge >= 0.3 is 0 Å². The van der Waals surface area contributed by atoms with Gasteiger partial charge in [0.05, 0.1) is 11.5 Å². The Kier molecular flexibility index (Phi) is 5.68. The van der Waals surface area contributed by atoms with Crippen LogP contribution in [0.5, 0.6) is 0 Å². The summed E-state index contributed by atoms with van der Waals surface area (Å²) in [4.78, 5) is 28.2. The molecule has 2 saturated carbocycles. The number of rotatable bonds is 6. The number of pyridine rings is 1. The Hall–Kier alpha value is -2.71. The summed E-state index contributed by atoms with van der Waals surface area (Å²) in [5.74, 6) is 0.584. The molecule has 2 aliphatic carbocycles. The third-order valence-electron chi connectivity index (χ3n) is 8.46. The number of anilines is 2. The Morgan fingerprint density at radius 1 is 1.09 bits per heavy atom. The molecule has 0 atom stereocenters. The van der Waals surface area contributed by atoms with E-state index in [1.807, 2.05) is 10.8 Å². The quantitative estimate of drug-likeness (QED) is 0.417. The van der Waals surface area contributed by atoms with Crippen molar-refractivity contribution in [3.63, 3.8) is 0 Å². The summed E-state index contributed by atoms with van der Waals surface area (Å²) in [6.07, 6.45) is 7.44. The van der Waals surface area contributed by atoms with Crippen LogP contribution in [0.15, 0.2) is 29.2 Å². The van der Waals surface area contributed by atoms with E-state index < -0.39 is 0 Å². The molecular weight excluding hydrogens is 440 g/mol. The third-order valence-corrected chi connectivity index (χ3v) is 8.46. The van der Waals surface area contributed by atoms with E-state index >= 15 is 0 Å². The fraction of sp³-hybridized carbons (Fsp3) is 0.593. The summed E-state index contributed by atoms with van der Waals surface area (Å²) in [5, 5.41) is 15.8. The van der Waals surface area contributed by atoms with Gasteiger partial charge < -0.3 is 20.2 Å². The van der Waals surface area contributed by atoms with Crippen molar-refractivity contribution in [3.8, 4) is 0 Å². The minimum absolute atomic E-state index is 0.0430. The highest BCUT2D eigenvalue weighted by Gasteiger charge is 2.53. The van der Waals surface area contributed by atoms with E-state index in [2.05, 4.69) is 52.3 Å². The maximum Gasteiger partial charge on any atom is 0.260 e. The molecule has 186 valence electrons. The van der Waals surface area contributed by atoms with Crippen LogP contribution in [0, 0.1) is 5.41 Å². The maximum absolute atomic E-state index is 14.0. The SMILES string of the molecule is CCCCNc1ncc2c3ccc(N4CCN(C)CC4)cc3c(=O)n(C3CC4(CC(O)C4)C3)c2n1. The number of aliphatic hydroxyl groups excluding tert-OH is 1. The fourth-order valence-electron chi connectivity index (χ4n) is 6.37. The Bertz CT molecular complexity index is 1300. The number of hydrogen-bond donors (Lipinski definition) is 2. The minimum Gasteiger partial charge on any atom is -0.393 e. The number of benzene rings is 1. The molecule has 8 heteroatoms. The first-order valence-electron chi connectivity index (χ1n) is 13.2. The molecule has 3 aliphatic rings. The van der Waals surface area contributed by atoms with Crippen LogP contribution in [0.4, 0.5) is 11.6 Å². The lowest BCUT2D eigenvalue weighted by molar-refractivity contribution is -0.105. The topological polar surface area (TPSA) is 86.5 Å². The number of piperazine rings is 1. The summed E-state index contributed by atoms with van der Waals surface area (Å²) in [7, 11) is 2.15. The normalized spacial score (nSPS) is 26.8. The van der Waals surface area contributed by atoms with Crippen molar-refractivity contribution >= 4 is 33.4 Å². The van der Waals surface area contributed by atoms with Gasteiger partial charge in [0.1, 0.15) is 5.65 Å². The molecule has 2 aromatic heterocycles. The Morgan fingerprint density at radius 3 is 2.57 bits per heavy atom. The summed E-state index contributed by atoms with van der Waals surface area (Å²) in [5.41, 5.74) is 2.09. The predicted octanol–water partition coefficient (Wildman–Crippen LogP) is 3.38. The molecule has 1 spiro atoms. The number of hydrogen-bond acceptors (Lipinski definition) is 7. The zero-order valence-electron chi connectivity index (χ0n) is 20.8.